The van der Waals surface area contributed by atoms with Crippen molar-refractivity contribution >= 4 is 11.8 Å². The molecular formula is C25H36N2O5. The van der Waals surface area contributed by atoms with E-state index in [0.29, 0.717) is 36.8 Å². The minimum Gasteiger partial charge on any atom is -0.493 e. The van der Waals surface area contributed by atoms with E-state index in [1.807, 2.05) is 52.0 Å². The monoisotopic (exact) mass is 444 g/mol. The van der Waals surface area contributed by atoms with Crippen LogP contribution in [0.5, 0.6) is 11.5 Å². The maximum absolute atomic E-state index is 13.3. The zero-order valence-electron chi connectivity index (χ0n) is 20.1. The van der Waals surface area contributed by atoms with Crippen molar-refractivity contribution in [2.75, 3.05) is 27.3 Å². The van der Waals surface area contributed by atoms with E-state index in [9.17, 15) is 9.59 Å². The standard InChI is InChI=1S/C25H36N2O5/c1-7-19(4)27(25(29)18(2)3)17-24(28)26(16-21-9-8-14-32-21)13-12-20-10-11-22(30-5)23(15-20)31-6/h8-11,14-15,18-19H,7,12-13,16-17H2,1-6H3. The smallest absolute Gasteiger partial charge is 0.242 e. The normalized spacial score (nSPS) is 11.8. The van der Waals surface area contributed by atoms with Gasteiger partial charge in [-0.1, -0.05) is 26.8 Å². The van der Waals surface area contributed by atoms with Crippen molar-refractivity contribution in [2.24, 2.45) is 5.92 Å². The molecule has 1 aromatic heterocycles. The van der Waals surface area contributed by atoms with E-state index in [1.165, 1.54) is 0 Å². The Hall–Kier alpha value is -2.96. The summed E-state index contributed by atoms with van der Waals surface area (Å²) in [4.78, 5) is 29.5. The Bertz CT molecular complexity index is 863. The number of ether oxygens (including phenoxy) is 2. The number of nitrogens with zero attached hydrogens (tertiary/aromatic N) is 2. The summed E-state index contributed by atoms with van der Waals surface area (Å²) < 4.78 is 16.2. The summed E-state index contributed by atoms with van der Waals surface area (Å²) in [5.74, 6) is 1.75. The molecule has 1 unspecified atom stereocenters. The maximum atomic E-state index is 13.3. The van der Waals surface area contributed by atoms with Gasteiger partial charge in [-0.05, 0) is 49.6 Å². The Morgan fingerprint density at radius 2 is 1.78 bits per heavy atom. The number of carbonyl (C=O) groups excluding carboxylic acids is 2. The molecule has 2 rings (SSSR count). The molecule has 0 spiro atoms. The Labute approximate surface area is 191 Å². The van der Waals surface area contributed by atoms with Crippen molar-refractivity contribution in [2.45, 2.75) is 53.1 Å². The van der Waals surface area contributed by atoms with Crippen LogP contribution in [0.2, 0.25) is 0 Å². The molecule has 0 radical (unpaired) electrons. The van der Waals surface area contributed by atoms with Crippen LogP contribution in [-0.2, 0) is 22.6 Å². The molecule has 0 aliphatic carbocycles. The Kier molecular flexibility index (Phi) is 9.62. The van der Waals surface area contributed by atoms with Crippen molar-refractivity contribution in [3.05, 3.63) is 47.9 Å². The lowest BCUT2D eigenvalue weighted by Crippen LogP contribution is -2.48. The van der Waals surface area contributed by atoms with Gasteiger partial charge in [-0.2, -0.15) is 0 Å². The number of furan rings is 1. The van der Waals surface area contributed by atoms with Gasteiger partial charge in [-0.25, -0.2) is 0 Å². The fourth-order valence-electron chi connectivity index (χ4n) is 3.43. The first-order valence-electron chi connectivity index (χ1n) is 11.1. The first-order chi connectivity index (χ1) is 15.3. The summed E-state index contributed by atoms with van der Waals surface area (Å²) in [6.45, 7) is 8.61. The van der Waals surface area contributed by atoms with Gasteiger partial charge >= 0.3 is 0 Å². The quantitative estimate of drug-likeness (QED) is 0.492. The largest absolute Gasteiger partial charge is 0.493 e. The highest BCUT2D eigenvalue weighted by Gasteiger charge is 2.26. The van der Waals surface area contributed by atoms with Crippen LogP contribution in [0.4, 0.5) is 0 Å². The molecule has 0 N–H and O–H groups in total. The van der Waals surface area contributed by atoms with Gasteiger partial charge in [0.15, 0.2) is 11.5 Å². The molecule has 176 valence electrons. The van der Waals surface area contributed by atoms with Gasteiger partial charge in [0, 0.05) is 18.5 Å². The van der Waals surface area contributed by atoms with E-state index in [0.717, 1.165) is 12.0 Å². The molecule has 7 nitrogen and oxygen atoms in total. The molecule has 0 aliphatic rings. The van der Waals surface area contributed by atoms with Gasteiger partial charge in [0.2, 0.25) is 11.8 Å². The lowest BCUT2D eigenvalue weighted by Gasteiger charge is -2.32. The minimum absolute atomic E-state index is 0.00876. The highest BCUT2D eigenvalue weighted by Crippen LogP contribution is 2.27. The fraction of sp³-hybridized carbons (Fsp3) is 0.520. The molecule has 0 aliphatic heterocycles. The molecule has 0 saturated heterocycles. The molecule has 1 atom stereocenters. The van der Waals surface area contributed by atoms with Crippen molar-refractivity contribution in [3.8, 4) is 11.5 Å². The molecule has 2 amide bonds. The Balaban J connectivity index is 2.18. The van der Waals surface area contributed by atoms with Crippen LogP contribution in [0.25, 0.3) is 0 Å². The van der Waals surface area contributed by atoms with E-state index in [4.69, 9.17) is 13.9 Å². The van der Waals surface area contributed by atoms with Crippen molar-refractivity contribution in [1.82, 2.24) is 9.80 Å². The van der Waals surface area contributed by atoms with Crippen LogP contribution in [0.1, 0.15) is 45.4 Å². The summed E-state index contributed by atoms with van der Waals surface area (Å²) in [7, 11) is 3.20. The number of methoxy groups -OCH3 is 2. The molecule has 1 aromatic carbocycles. The SMILES string of the molecule is CCC(C)N(CC(=O)N(CCc1ccc(OC)c(OC)c1)Cc1ccco1)C(=O)C(C)C. The van der Waals surface area contributed by atoms with Crippen LogP contribution in [-0.4, -0.2) is 55.0 Å². The zero-order chi connectivity index (χ0) is 23.7. The summed E-state index contributed by atoms with van der Waals surface area (Å²) in [6.07, 6.45) is 3.02. The van der Waals surface area contributed by atoms with E-state index in [-0.39, 0.29) is 30.3 Å². The summed E-state index contributed by atoms with van der Waals surface area (Å²) in [5, 5.41) is 0. The predicted molar refractivity (Wildman–Crippen MR) is 124 cm³/mol. The van der Waals surface area contributed by atoms with Crippen molar-refractivity contribution in [3.63, 3.8) is 0 Å². The minimum atomic E-state index is -0.165. The first kappa shape index (κ1) is 25.3. The summed E-state index contributed by atoms with van der Waals surface area (Å²) >= 11 is 0. The molecule has 1 heterocycles. The van der Waals surface area contributed by atoms with Gasteiger partial charge < -0.3 is 23.7 Å². The van der Waals surface area contributed by atoms with E-state index in [2.05, 4.69) is 0 Å². The number of hydrogen-bond donors (Lipinski definition) is 0. The second kappa shape index (κ2) is 12.2. The highest BCUT2D eigenvalue weighted by atomic mass is 16.5. The Morgan fingerprint density at radius 1 is 1.06 bits per heavy atom. The van der Waals surface area contributed by atoms with E-state index < -0.39 is 0 Å². The topological polar surface area (TPSA) is 72.2 Å². The third-order valence-electron chi connectivity index (χ3n) is 5.60. The second-order valence-electron chi connectivity index (χ2n) is 8.21. The van der Waals surface area contributed by atoms with E-state index >= 15 is 0 Å². The third kappa shape index (κ3) is 6.77. The van der Waals surface area contributed by atoms with Crippen molar-refractivity contribution < 1.29 is 23.5 Å². The summed E-state index contributed by atoms with van der Waals surface area (Å²) in [6, 6.07) is 9.39. The van der Waals surface area contributed by atoms with Crippen LogP contribution < -0.4 is 9.47 Å². The van der Waals surface area contributed by atoms with Crippen LogP contribution in [0, 0.1) is 5.92 Å². The molecule has 0 bridgehead atoms. The van der Waals surface area contributed by atoms with Crippen LogP contribution in [0.15, 0.2) is 41.0 Å². The zero-order valence-corrected chi connectivity index (χ0v) is 20.1. The van der Waals surface area contributed by atoms with Crippen molar-refractivity contribution in [1.29, 1.82) is 0 Å². The second-order valence-corrected chi connectivity index (χ2v) is 8.21. The van der Waals surface area contributed by atoms with Gasteiger partial charge in [-0.3, -0.25) is 9.59 Å². The molecular weight excluding hydrogens is 408 g/mol. The first-order valence-corrected chi connectivity index (χ1v) is 11.1. The number of hydrogen-bond acceptors (Lipinski definition) is 5. The Morgan fingerprint density at radius 3 is 2.34 bits per heavy atom. The number of carbonyl (C=O) groups is 2. The highest BCUT2D eigenvalue weighted by molar-refractivity contribution is 5.86. The lowest BCUT2D eigenvalue weighted by atomic mass is 10.1. The molecule has 32 heavy (non-hydrogen) atoms. The van der Waals surface area contributed by atoms with Gasteiger partial charge in [0.05, 0.1) is 27.0 Å². The maximum Gasteiger partial charge on any atom is 0.242 e. The molecule has 2 aromatic rings. The average molecular weight is 445 g/mol. The molecule has 7 heteroatoms. The van der Waals surface area contributed by atoms with Gasteiger partial charge in [0.25, 0.3) is 0 Å². The van der Waals surface area contributed by atoms with Crippen LogP contribution >= 0.6 is 0 Å². The predicted octanol–water partition coefficient (Wildman–Crippen LogP) is 4.15. The average Bonchev–Trinajstić information content (AvgIpc) is 3.31. The molecule has 0 saturated carbocycles. The van der Waals surface area contributed by atoms with Gasteiger partial charge in [0.1, 0.15) is 12.3 Å². The summed E-state index contributed by atoms with van der Waals surface area (Å²) in [5.41, 5.74) is 1.02. The lowest BCUT2D eigenvalue weighted by molar-refractivity contribution is -0.144. The fourth-order valence-corrected chi connectivity index (χ4v) is 3.43. The van der Waals surface area contributed by atoms with E-state index in [1.54, 1.807) is 36.3 Å². The number of amides is 2. The van der Waals surface area contributed by atoms with Gasteiger partial charge in [-0.15, -0.1) is 0 Å². The molecule has 0 fully saturated rings. The number of benzene rings is 1. The number of rotatable bonds is 12. The third-order valence-corrected chi connectivity index (χ3v) is 5.60. The van der Waals surface area contributed by atoms with Crippen LogP contribution in [0.3, 0.4) is 0 Å².